The fourth-order valence-electron chi connectivity index (χ4n) is 3.53. The third kappa shape index (κ3) is 4.47. The second-order valence-electron chi connectivity index (χ2n) is 6.80. The van der Waals surface area contributed by atoms with Crippen LogP contribution in [0.4, 0.5) is 0 Å². The van der Waals surface area contributed by atoms with Crippen LogP contribution in [0.25, 0.3) is 10.9 Å². The Morgan fingerprint density at radius 3 is 2.48 bits per heavy atom. The Balaban J connectivity index is 2.23. The first-order chi connectivity index (χ1) is 14.0. The van der Waals surface area contributed by atoms with Crippen molar-refractivity contribution >= 4 is 40.1 Å². The molecule has 0 saturated heterocycles. The molecular weight excluding hydrogens is 413 g/mol. The zero-order valence-electron chi connectivity index (χ0n) is 15.7. The first kappa shape index (κ1) is 21.4. The van der Waals surface area contributed by atoms with Gasteiger partial charge in [0.25, 0.3) is 0 Å². The third-order valence-electron chi connectivity index (χ3n) is 4.92. The molecule has 0 fully saturated rings. The lowest BCUT2D eigenvalue weighted by Crippen LogP contribution is -2.25. The van der Waals surface area contributed by atoms with E-state index in [2.05, 4.69) is 0 Å². The molecule has 3 rings (SSSR count). The van der Waals surface area contributed by atoms with Gasteiger partial charge in [0, 0.05) is 30.7 Å². The van der Waals surface area contributed by atoms with Crippen molar-refractivity contribution in [2.45, 2.75) is 32.2 Å². The highest BCUT2D eigenvalue weighted by atomic mass is 35.5. The van der Waals surface area contributed by atoms with E-state index < -0.39 is 11.4 Å². The number of hydrogen-bond donors (Lipinski definition) is 2. The van der Waals surface area contributed by atoms with Gasteiger partial charge in [-0.2, -0.15) is 0 Å². The van der Waals surface area contributed by atoms with Crippen LogP contribution in [0.3, 0.4) is 0 Å². The van der Waals surface area contributed by atoms with Gasteiger partial charge >= 0.3 is 5.97 Å². The molecule has 29 heavy (non-hydrogen) atoms. The van der Waals surface area contributed by atoms with Gasteiger partial charge in [0.2, 0.25) is 5.43 Å². The van der Waals surface area contributed by atoms with Crippen molar-refractivity contribution in [1.82, 2.24) is 4.57 Å². The molecule has 7 heteroatoms. The highest BCUT2D eigenvalue weighted by Crippen LogP contribution is 2.29. The molecule has 0 atom stereocenters. The van der Waals surface area contributed by atoms with Crippen molar-refractivity contribution in [1.29, 1.82) is 0 Å². The summed E-state index contributed by atoms with van der Waals surface area (Å²) < 4.78 is 1.88. The zero-order chi connectivity index (χ0) is 21.0. The first-order valence-corrected chi connectivity index (χ1v) is 10.1. The van der Waals surface area contributed by atoms with Gasteiger partial charge in [-0.15, -0.1) is 0 Å². The summed E-state index contributed by atoms with van der Waals surface area (Å²) in [5, 5.41) is 20.0. The van der Waals surface area contributed by atoms with Gasteiger partial charge in [0.05, 0.1) is 15.6 Å². The van der Waals surface area contributed by atoms with Crippen LogP contribution in [0.1, 0.15) is 40.9 Å². The molecular formula is C22H21Cl2NO4. The molecule has 0 unspecified atom stereocenters. The van der Waals surface area contributed by atoms with Gasteiger partial charge in [-0.25, -0.2) is 4.79 Å². The van der Waals surface area contributed by atoms with Crippen molar-refractivity contribution < 1.29 is 15.0 Å². The fraction of sp³-hybridized carbons (Fsp3) is 0.273. The largest absolute Gasteiger partial charge is 0.477 e. The predicted molar refractivity (Wildman–Crippen MR) is 115 cm³/mol. The molecule has 2 aromatic carbocycles. The second kappa shape index (κ2) is 9.44. The van der Waals surface area contributed by atoms with Crippen molar-refractivity contribution in [3.63, 3.8) is 0 Å². The number of carboxylic acid groups (broad SMARTS) is 1. The summed E-state index contributed by atoms with van der Waals surface area (Å²) in [5.41, 5.74) is 0.976. The average Bonchev–Trinajstić information content (AvgIpc) is 2.70. The number of carboxylic acids is 1. The second-order valence-corrected chi connectivity index (χ2v) is 7.58. The maximum absolute atomic E-state index is 13.0. The maximum atomic E-state index is 13.0. The summed E-state index contributed by atoms with van der Waals surface area (Å²) in [4.78, 5) is 25.0. The Morgan fingerprint density at radius 2 is 1.76 bits per heavy atom. The summed E-state index contributed by atoms with van der Waals surface area (Å²) in [6.45, 7) is 0.630. The minimum atomic E-state index is -1.27. The Morgan fingerprint density at radius 1 is 1.00 bits per heavy atom. The number of aliphatic hydroxyl groups is 1. The van der Waals surface area contributed by atoms with Gasteiger partial charge in [0.15, 0.2) is 0 Å². The quantitative estimate of drug-likeness (QED) is 0.501. The summed E-state index contributed by atoms with van der Waals surface area (Å²) in [7, 11) is 0. The van der Waals surface area contributed by atoms with E-state index in [1.807, 2.05) is 16.7 Å². The van der Waals surface area contributed by atoms with Gasteiger partial charge in [-0.1, -0.05) is 47.5 Å². The average molecular weight is 434 g/mol. The normalized spacial score (nSPS) is 11.1. The number of aromatic carboxylic acids is 1. The van der Waals surface area contributed by atoms with Crippen LogP contribution in [0.2, 0.25) is 10.0 Å². The van der Waals surface area contributed by atoms with E-state index in [1.54, 1.807) is 30.3 Å². The van der Waals surface area contributed by atoms with E-state index in [9.17, 15) is 14.7 Å². The number of benzene rings is 2. The topological polar surface area (TPSA) is 79.5 Å². The third-order valence-corrected chi connectivity index (χ3v) is 5.78. The van der Waals surface area contributed by atoms with Crippen LogP contribution in [0, 0.1) is 0 Å². The number of aliphatic hydroxyl groups excluding tert-OH is 1. The standard InChI is InChI=1S/C22H21Cl2NO4/c23-16-9-6-7-14(20(16)24)13-18-19(22(28)29)21(27)15-8-2-3-10-17(15)25(18)11-4-1-5-12-26/h2-3,6-10,26H,1,4-5,11-13H2,(H,28,29). The van der Waals surface area contributed by atoms with E-state index in [4.69, 9.17) is 28.3 Å². The molecule has 5 nitrogen and oxygen atoms in total. The lowest BCUT2D eigenvalue weighted by atomic mass is 10.0. The number of nitrogens with zero attached hydrogens (tertiary/aromatic N) is 1. The van der Waals surface area contributed by atoms with Crippen LogP contribution in [-0.4, -0.2) is 27.4 Å². The number of halogens is 2. The molecule has 1 heterocycles. The highest BCUT2D eigenvalue weighted by molar-refractivity contribution is 6.42. The number of aryl methyl sites for hydroxylation is 1. The number of para-hydroxylation sites is 1. The Labute approximate surface area is 178 Å². The van der Waals surface area contributed by atoms with E-state index in [0.29, 0.717) is 45.2 Å². The number of hydrogen-bond acceptors (Lipinski definition) is 3. The minimum absolute atomic E-state index is 0.107. The van der Waals surface area contributed by atoms with Crippen molar-refractivity contribution in [3.05, 3.63) is 79.6 Å². The molecule has 0 amide bonds. The molecule has 3 aromatic rings. The number of fused-ring (bicyclic) bond motifs is 1. The Kier molecular flexibility index (Phi) is 6.96. The molecule has 0 aliphatic carbocycles. The molecule has 0 aliphatic rings. The minimum Gasteiger partial charge on any atom is -0.477 e. The summed E-state index contributed by atoms with van der Waals surface area (Å²) in [6, 6.07) is 12.2. The summed E-state index contributed by atoms with van der Waals surface area (Å²) >= 11 is 12.5. The fourth-order valence-corrected chi connectivity index (χ4v) is 3.92. The van der Waals surface area contributed by atoms with Gasteiger partial charge in [-0.3, -0.25) is 4.79 Å². The Hall–Kier alpha value is -2.34. The van der Waals surface area contributed by atoms with Crippen LogP contribution >= 0.6 is 23.2 Å². The van der Waals surface area contributed by atoms with Crippen molar-refractivity contribution in [2.24, 2.45) is 0 Å². The van der Waals surface area contributed by atoms with Crippen LogP contribution in [-0.2, 0) is 13.0 Å². The summed E-state index contributed by atoms with van der Waals surface area (Å²) in [5.74, 6) is -1.27. The van der Waals surface area contributed by atoms with E-state index in [1.165, 1.54) is 0 Å². The van der Waals surface area contributed by atoms with E-state index in [-0.39, 0.29) is 18.6 Å². The van der Waals surface area contributed by atoms with Gasteiger partial charge in [-0.05, 0) is 43.0 Å². The van der Waals surface area contributed by atoms with Crippen LogP contribution < -0.4 is 5.43 Å². The predicted octanol–water partition coefficient (Wildman–Crippen LogP) is 4.76. The monoisotopic (exact) mass is 433 g/mol. The zero-order valence-corrected chi connectivity index (χ0v) is 17.2. The number of rotatable bonds is 8. The molecule has 2 N–H and O–H groups in total. The maximum Gasteiger partial charge on any atom is 0.341 e. The van der Waals surface area contributed by atoms with Gasteiger partial charge < -0.3 is 14.8 Å². The van der Waals surface area contributed by atoms with E-state index >= 15 is 0 Å². The highest BCUT2D eigenvalue weighted by Gasteiger charge is 2.23. The van der Waals surface area contributed by atoms with E-state index in [0.717, 1.165) is 12.8 Å². The summed E-state index contributed by atoms with van der Waals surface area (Å²) in [6.07, 6.45) is 2.36. The molecule has 0 bridgehead atoms. The molecule has 1 aromatic heterocycles. The molecule has 0 aliphatic heterocycles. The van der Waals surface area contributed by atoms with Crippen LogP contribution in [0.15, 0.2) is 47.3 Å². The molecule has 0 spiro atoms. The first-order valence-electron chi connectivity index (χ1n) is 9.37. The van der Waals surface area contributed by atoms with Crippen molar-refractivity contribution in [3.8, 4) is 0 Å². The Bertz CT molecular complexity index is 1110. The molecule has 0 saturated carbocycles. The van der Waals surface area contributed by atoms with Crippen molar-refractivity contribution in [2.75, 3.05) is 6.61 Å². The molecule has 0 radical (unpaired) electrons. The SMILES string of the molecule is O=C(O)c1c(Cc2cccc(Cl)c2Cl)n(CCCCCO)c2ccccc2c1=O. The lowest BCUT2D eigenvalue weighted by Gasteiger charge is -2.20. The van der Waals surface area contributed by atoms with Crippen LogP contribution in [0.5, 0.6) is 0 Å². The number of carbonyl (C=O) groups is 1. The smallest absolute Gasteiger partial charge is 0.341 e. The number of unbranched alkanes of at least 4 members (excludes halogenated alkanes) is 2. The molecule has 152 valence electrons. The lowest BCUT2D eigenvalue weighted by molar-refractivity contribution is 0.0693. The van der Waals surface area contributed by atoms with Gasteiger partial charge in [0.1, 0.15) is 5.56 Å². The number of aromatic nitrogens is 1. The number of pyridine rings is 1.